The van der Waals surface area contributed by atoms with E-state index in [1.807, 2.05) is 12.1 Å². The number of carbonyl (C=O) groups excluding carboxylic acids is 1. The van der Waals surface area contributed by atoms with E-state index in [0.29, 0.717) is 5.02 Å². The van der Waals surface area contributed by atoms with Crippen molar-refractivity contribution < 1.29 is 4.79 Å². The number of nitrogens with one attached hydrogen (secondary N) is 2. The maximum atomic E-state index is 11.3. The van der Waals surface area contributed by atoms with Gasteiger partial charge in [0.15, 0.2) is 0 Å². The molecule has 0 heterocycles. The van der Waals surface area contributed by atoms with Crippen LogP contribution < -0.4 is 10.6 Å². The molecule has 82 valence electrons. The lowest BCUT2D eigenvalue weighted by atomic mass is 10.2. The Morgan fingerprint density at radius 1 is 1.53 bits per heavy atom. The summed E-state index contributed by atoms with van der Waals surface area (Å²) in [6.07, 6.45) is 0. The summed E-state index contributed by atoms with van der Waals surface area (Å²) >= 11 is 9.31. The molecule has 0 aromatic heterocycles. The van der Waals surface area contributed by atoms with E-state index in [0.717, 1.165) is 10.2 Å². The molecule has 2 N–H and O–H groups in total. The highest BCUT2D eigenvalue weighted by atomic mass is 79.9. The highest BCUT2D eigenvalue weighted by molar-refractivity contribution is 9.10. The zero-order valence-corrected chi connectivity index (χ0v) is 10.8. The van der Waals surface area contributed by atoms with Crippen molar-refractivity contribution in [3.8, 4) is 0 Å². The maximum Gasteiger partial charge on any atom is 0.241 e. The van der Waals surface area contributed by atoms with E-state index in [2.05, 4.69) is 26.6 Å². The van der Waals surface area contributed by atoms with Gasteiger partial charge in [0.05, 0.1) is 10.7 Å². The molecule has 0 aliphatic heterocycles. The number of hydrogen-bond acceptors (Lipinski definition) is 2. The molecule has 1 unspecified atom stereocenters. The molecule has 5 heteroatoms. The Hall–Kier alpha value is -0.740. The van der Waals surface area contributed by atoms with Gasteiger partial charge in [-0.3, -0.25) is 4.79 Å². The van der Waals surface area contributed by atoms with E-state index < -0.39 is 0 Å². The fraction of sp³-hybridized carbons (Fsp3) is 0.300. The van der Waals surface area contributed by atoms with Crippen molar-refractivity contribution in [2.45, 2.75) is 13.0 Å². The van der Waals surface area contributed by atoms with Crippen molar-refractivity contribution in [2.75, 3.05) is 12.4 Å². The number of rotatable bonds is 3. The van der Waals surface area contributed by atoms with Gasteiger partial charge in [0.1, 0.15) is 6.04 Å². The number of benzene rings is 1. The Kier molecular flexibility index (Phi) is 4.42. The molecule has 1 aromatic rings. The second kappa shape index (κ2) is 5.37. The topological polar surface area (TPSA) is 41.1 Å². The monoisotopic (exact) mass is 290 g/mol. The summed E-state index contributed by atoms with van der Waals surface area (Å²) in [4.78, 5) is 11.3. The summed E-state index contributed by atoms with van der Waals surface area (Å²) in [6, 6.07) is 5.13. The van der Waals surface area contributed by atoms with Gasteiger partial charge in [0.2, 0.25) is 5.91 Å². The largest absolute Gasteiger partial charge is 0.373 e. The molecule has 0 spiro atoms. The third-order valence-corrected chi connectivity index (χ3v) is 2.76. The third-order valence-electron chi connectivity index (χ3n) is 1.94. The van der Waals surface area contributed by atoms with Crippen molar-refractivity contribution in [3.05, 3.63) is 27.7 Å². The molecule has 0 aliphatic carbocycles. The molecule has 1 amide bonds. The molecule has 3 nitrogen and oxygen atoms in total. The van der Waals surface area contributed by atoms with E-state index in [1.165, 1.54) is 0 Å². The van der Waals surface area contributed by atoms with Crippen LogP contribution in [0.4, 0.5) is 5.69 Å². The van der Waals surface area contributed by atoms with Crippen LogP contribution in [0.25, 0.3) is 0 Å². The van der Waals surface area contributed by atoms with E-state index in [9.17, 15) is 4.79 Å². The van der Waals surface area contributed by atoms with Crippen LogP contribution in [-0.2, 0) is 4.79 Å². The molecule has 0 saturated heterocycles. The molecule has 0 radical (unpaired) electrons. The molecular formula is C10H12BrClN2O. The number of amides is 1. The lowest BCUT2D eigenvalue weighted by molar-refractivity contribution is -0.121. The van der Waals surface area contributed by atoms with Gasteiger partial charge in [-0.25, -0.2) is 0 Å². The summed E-state index contributed by atoms with van der Waals surface area (Å²) < 4.78 is 0.915. The Labute approximate surface area is 102 Å². The Balaban J connectivity index is 2.80. The third kappa shape index (κ3) is 3.39. The van der Waals surface area contributed by atoms with Gasteiger partial charge in [-0.15, -0.1) is 0 Å². The van der Waals surface area contributed by atoms with Crippen LogP contribution in [0.5, 0.6) is 0 Å². The van der Waals surface area contributed by atoms with E-state index in [4.69, 9.17) is 11.6 Å². The van der Waals surface area contributed by atoms with Crippen molar-refractivity contribution in [2.24, 2.45) is 0 Å². The number of halogens is 2. The van der Waals surface area contributed by atoms with Crippen molar-refractivity contribution >= 4 is 39.1 Å². The van der Waals surface area contributed by atoms with Crippen molar-refractivity contribution in [1.82, 2.24) is 5.32 Å². The fourth-order valence-electron chi connectivity index (χ4n) is 1.12. The number of likely N-dealkylation sites (N-methyl/N-ethyl adjacent to an activating group) is 1. The van der Waals surface area contributed by atoms with Crippen molar-refractivity contribution in [3.63, 3.8) is 0 Å². The normalized spacial score (nSPS) is 12.0. The molecule has 1 atom stereocenters. The number of carbonyl (C=O) groups is 1. The van der Waals surface area contributed by atoms with Crippen LogP contribution >= 0.6 is 27.5 Å². The zero-order chi connectivity index (χ0) is 11.4. The predicted octanol–water partition coefficient (Wildman–Crippen LogP) is 2.65. The Morgan fingerprint density at radius 2 is 2.20 bits per heavy atom. The minimum Gasteiger partial charge on any atom is -0.373 e. The molecule has 15 heavy (non-hydrogen) atoms. The molecule has 0 fully saturated rings. The molecule has 1 aromatic carbocycles. The summed E-state index contributed by atoms with van der Waals surface area (Å²) in [6.45, 7) is 1.77. The lowest BCUT2D eigenvalue weighted by Crippen LogP contribution is -2.35. The van der Waals surface area contributed by atoms with Crippen LogP contribution in [0.3, 0.4) is 0 Å². The second-order valence-corrected chi connectivity index (χ2v) is 4.43. The molecule has 0 bridgehead atoms. The maximum absolute atomic E-state index is 11.3. The number of anilines is 1. The smallest absolute Gasteiger partial charge is 0.241 e. The average Bonchev–Trinajstić information content (AvgIpc) is 2.22. The van der Waals surface area contributed by atoms with Gasteiger partial charge in [-0.05, 0) is 25.1 Å². The summed E-state index contributed by atoms with van der Waals surface area (Å²) in [5, 5.41) is 6.18. The SMILES string of the molecule is CNC(=O)C(C)Nc1cc(Br)ccc1Cl. The Morgan fingerprint density at radius 3 is 2.80 bits per heavy atom. The molecule has 0 aliphatic rings. The summed E-state index contributed by atoms with van der Waals surface area (Å²) in [5.74, 6) is -0.0777. The predicted molar refractivity (Wildman–Crippen MR) is 66.3 cm³/mol. The van der Waals surface area contributed by atoms with E-state index >= 15 is 0 Å². The van der Waals surface area contributed by atoms with E-state index in [1.54, 1.807) is 20.0 Å². The highest BCUT2D eigenvalue weighted by Gasteiger charge is 2.11. The van der Waals surface area contributed by atoms with E-state index in [-0.39, 0.29) is 11.9 Å². The summed E-state index contributed by atoms with van der Waals surface area (Å²) in [7, 11) is 1.60. The first-order valence-corrected chi connectivity index (χ1v) is 5.65. The van der Waals surface area contributed by atoms with Gasteiger partial charge < -0.3 is 10.6 Å². The van der Waals surface area contributed by atoms with Gasteiger partial charge in [-0.1, -0.05) is 27.5 Å². The molecule has 1 rings (SSSR count). The summed E-state index contributed by atoms with van der Waals surface area (Å²) in [5.41, 5.74) is 0.738. The minimum absolute atomic E-state index is 0.0777. The van der Waals surface area contributed by atoms with Crippen LogP contribution in [0.1, 0.15) is 6.92 Å². The van der Waals surface area contributed by atoms with Crippen LogP contribution in [0.15, 0.2) is 22.7 Å². The quantitative estimate of drug-likeness (QED) is 0.899. The number of hydrogen-bond donors (Lipinski definition) is 2. The molecule has 0 saturated carbocycles. The highest BCUT2D eigenvalue weighted by Crippen LogP contribution is 2.26. The van der Waals surface area contributed by atoms with Crippen LogP contribution in [-0.4, -0.2) is 19.0 Å². The van der Waals surface area contributed by atoms with Gasteiger partial charge in [-0.2, -0.15) is 0 Å². The van der Waals surface area contributed by atoms with Crippen molar-refractivity contribution in [1.29, 1.82) is 0 Å². The van der Waals surface area contributed by atoms with Gasteiger partial charge >= 0.3 is 0 Å². The van der Waals surface area contributed by atoms with Gasteiger partial charge in [0.25, 0.3) is 0 Å². The zero-order valence-electron chi connectivity index (χ0n) is 8.47. The Bertz CT molecular complexity index is 370. The second-order valence-electron chi connectivity index (χ2n) is 3.10. The van der Waals surface area contributed by atoms with Crippen LogP contribution in [0.2, 0.25) is 5.02 Å². The standard InChI is InChI=1S/C10H12BrClN2O/c1-6(10(15)13-2)14-9-5-7(11)3-4-8(9)12/h3-6,14H,1-2H3,(H,13,15). The van der Waals surface area contributed by atoms with Crippen LogP contribution in [0, 0.1) is 0 Å². The van der Waals surface area contributed by atoms with Gasteiger partial charge in [0, 0.05) is 11.5 Å². The average molecular weight is 292 g/mol. The first-order chi connectivity index (χ1) is 7.04. The molecular weight excluding hydrogens is 279 g/mol. The fourth-order valence-corrected chi connectivity index (χ4v) is 1.66. The lowest BCUT2D eigenvalue weighted by Gasteiger charge is -2.14. The first kappa shape index (κ1) is 12.3. The first-order valence-electron chi connectivity index (χ1n) is 4.47. The minimum atomic E-state index is -0.318.